The molecule has 0 spiro atoms. The van der Waals surface area contributed by atoms with Gasteiger partial charge in [0.25, 0.3) is 0 Å². The molecule has 0 aliphatic carbocycles. The molecule has 0 aliphatic heterocycles. The molecule has 1 N–H and O–H groups in total. The van der Waals surface area contributed by atoms with Crippen LogP contribution < -0.4 is 18.9 Å². The standard InChI is InChI=1S/C24H20O8/c1-5-21(25)29-16-10-11-17(19(14-16)31-23(27)7-3)15-9-12-18(30-22(26)6-2)20(13-15)32-24(28)8-4/h5-14,21,25H,1-4H2. The number of esters is 3. The first-order chi connectivity index (χ1) is 15.3. The van der Waals surface area contributed by atoms with E-state index in [0.29, 0.717) is 11.1 Å². The van der Waals surface area contributed by atoms with Crippen LogP contribution in [-0.4, -0.2) is 29.3 Å². The normalized spacial score (nSPS) is 10.8. The lowest BCUT2D eigenvalue weighted by Gasteiger charge is -2.15. The Kier molecular flexibility index (Phi) is 8.27. The third-order valence-electron chi connectivity index (χ3n) is 3.80. The fraction of sp³-hybridized carbons (Fsp3) is 0.0417. The van der Waals surface area contributed by atoms with Gasteiger partial charge in [-0.1, -0.05) is 32.4 Å². The van der Waals surface area contributed by atoms with Crippen molar-refractivity contribution in [3.8, 4) is 34.1 Å². The molecule has 164 valence electrons. The summed E-state index contributed by atoms with van der Waals surface area (Å²) in [6.07, 6.45) is 2.78. The zero-order chi connectivity index (χ0) is 23.7. The number of aliphatic hydroxyl groups is 1. The molecule has 2 aromatic rings. The monoisotopic (exact) mass is 436 g/mol. The highest BCUT2D eigenvalue weighted by atomic mass is 16.6. The van der Waals surface area contributed by atoms with E-state index >= 15 is 0 Å². The molecule has 0 saturated heterocycles. The van der Waals surface area contributed by atoms with Crippen LogP contribution in [-0.2, 0) is 14.4 Å². The Labute approximate surface area is 184 Å². The highest BCUT2D eigenvalue weighted by Gasteiger charge is 2.17. The Bertz CT molecular complexity index is 1080. The molecule has 1 unspecified atom stereocenters. The number of benzene rings is 2. The fourth-order valence-electron chi connectivity index (χ4n) is 2.38. The Balaban J connectivity index is 2.57. The summed E-state index contributed by atoms with van der Waals surface area (Å²) in [7, 11) is 0. The van der Waals surface area contributed by atoms with E-state index in [4.69, 9.17) is 18.9 Å². The molecule has 1 atom stereocenters. The lowest BCUT2D eigenvalue weighted by Crippen LogP contribution is -2.12. The van der Waals surface area contributed by atoms with Gasteiger partial charge >= 0.3 is 17.9 Å². The second-order valence-corrected chi connectivity index (χ2v) is 5.94. The van der Waals surface area contributed by atoms with Gasteiger partial charge in [0.15, 0.2) is 11.5 Å². The zero-order valence-corrected chi connectivity index (χ0v) is 17.0. The van der Waals surface area contributed by atoms with Gasteiger partial charge in [0.05, 0.1) is 0 Å². The van der Waals surface area contributed by atoms with E-state index < -0.39 is 24.2 Å². The molecule has 0 fully saturated rings. The molecule has 0 heterocycles. The number of hydrogen-bond donors (Lipinski definition) is 1. The van der Waals surface area contributed by atoms with Gasteiger partial charge in [0.1, 0.15) is 11.5 Å². The molecule has 0 bridgehead atoms. The first-order valence-corrected chi connectivity index (χ1v) is 9.09. The summed E-state index contributed by atoms with van der Waals surface area (Å²) in [6.45, 7) is 13.4. The van der Waals surface area contributed by atoms with Gasteiger partial charge in [-0.25, -0.2) is 14.4 Å². The van der Waals surface area contributed by atoms with Crippen LogP contribution in [0.4, 0.5) is 0 Å². The van der Waals surface area contributed by atoms with Crippen molar-refractivity contribution in [3.63, 3.8) is 0 Å². The van der Waals surface area contributed by atoms with Crippen molar-refractivity contribution < 1.29 is 38.4 Å². The van der Waals surface area contributed by atoms with E-state index in [9.17, 15) is 19.5 Å². The molecule has 0 saturated carbocycles. The Hall–Kier alpha value is -4.43. The highest BCUT2D eigenvalue weighted by Crippen LogP contribution is 2.38. The van der Waals surface area contributed by atoms with Crippen molar-refractivity contribution in [3.05, 3.63) is 87.0 Å². The summed E-state index contributed by atoms with van der Waals surface area (Å²) >= 11 is 0. The number of carbonyl (C=O) groups is 3. The van der Waals surface area contributed by atoms with Crippen molar-refractivity contribution in [1.29, 1.82) is 0 Å². The SMILES string of the molecule is C=CC(=O)Oc1ccc(-c2ccc(OC(O)C=C)cc2OC(=O)C=C)cc1OC(=O)C=C. The minimum absolute atomic E-state index is 0.0347. The van der Waals surface area contributed by atoms with Crippen molar-refractivity contribution in [2.45, 2.75) is 6.29 Å². The minimum atomic E-state index is -1.27. The van der Waals surface area contributed by atoms with Crippen molar-refractivity contribution in [2.75, 3.05) is 0 Å². The fourth-order valence-corrected chi connectivity index (χ4v) is 2.38. The molecule has 32 heavy (non-hydrogen) atoms. The Morgan fingerprint density at radius 1 is 0.750 bits per heavy atom. The quantitative estimate of drug-likeness (QED) is 0.198. The topological polar surface area (TPSA) is 108 Å². The average molecular weight is 436 g/mol. The smallest absolute Gasteiger partial charge is 0.335 e. The van der Waals surface area contributed by atoms with E-state index in [1.807, 2.05) is 0 Å². The predicted molar refractivity (Wildman–Crippen MR) is 116 cm³/mol. The summed E-state index contributed by atoms with van der Waals surface area (Å²) in [5.74, 6) is -2.11. The number of ether oxygens (including phenoxy) is 4. The molecule has 8 heteroatoms. The molecule has 2 rings (SSSR count). The maximum atomic E-state index is 11.8. The van der Waals surface area contributed by atoms with Crippen LogP contribution in [0.15, 0.2) is 87.0 Å². The van der Waals surface area contributed by atoms with E-state index in [-0.39, 0.29) is 23.0 Å². The van der Waals surface area contributed by atoms with Gasteiger partial charge in [0.2, 0.25) is 6.29 Å². The van der Waals surface area contributed by atoms with Crippen molar-refractivity contribution in [2.24, 2.45) is 0 Å². The Morgan fingerprint density at radius 2 is 1.31 bits per heavy atom. The molecule has 0 radical (unpaired) electrons. The molecule has 0 aromatic heterocycles. The zero-order valence-electron chi connectivity index (χ0n) is 17.0. The van der Waals surface area contributed by atoms with Gasteiger partial charge in [-0.3, -0.25) is 0 Å². The van der Waals surface area contributed by atoms with Crippen LogP contribution in [0.25, 0.3) is 11.1 Å². The van der Waals surface area contributed by atoms with Gasteiger partial charge in [-0.05, 0) is 35.9 Å². The summed E-state index contributed by atoms with van der Waals surface area (Å²) < 4.78 is 20.8. The van der Waals surface area contributed by atoms with Crippen LogP contribution in [0.2, 0.25) is 0 Å². The minimum Gasteiger partial charge on any atom is -0.461 e. The van der Waals surface area contributed by atoms with Gasteiger partial charge in [0, 0.05) is 29.9 Å². The largest absolute Gasteiger partial charge is 0.461 e. The third-order valence-corrected chi connectivity index (χ3v) is 3.80. The number of aliphatic hydroxyl groups excluding tert-OH is 1. The van der Waals surface area contributed by atoms with E-state index in [1.54, 1.807) is 12.1 Å². The molecular formula is C24H20O8. The van der Waals surface area contributed by atoms with Crippen molar-refractivity contribution >= 4 is 17.9 Å². The molecular weight excluding hydrogens is 416 g/mol. The van der Waals surface area contributed by atoms with Crippen LogP contribution in [0.5, 0.6) is 23.0 Å². The summed E-state index contributed by atoms with van der Waals surface area (Å²) in [6, 6.07) is 8.82. The van der Waals surface area contributed by atoms with E-state index in [2.05, 4.69) is 26.3 Å². The predicted octanol–water partition coefficient (Wildman–Crippen LogP) is 3.51. The number of rotatable bonds is 10. The first kappa shape index (κ1) is 23.8. The molecule has 0 aliphatic rings. The number of hydrogen-bond acceptors (Lipinski definition) is 8. The van der Waals surface area contributed by atoms with Gasteiger partial charge in [-0.15, -0.1) is 0 Å². The van der Waals surface area contributed by atoms with Crippen LogP contribution in [0.1, 0.15) is 0 Å². The third kappa shape index (κ3) is 6.28. The van der Waals surface area contributed by atoms with E-state index in [0.717, 1.165) is 18.2 Å². The van der Waals surface area contributed by atoms with Gasteiger partial charge in [-0.2, -0.15) is 0 Å². The molecule has 8 nitrogen and oxygen atoms in total. The molecule has 0 amide bonds. The second kappa shape index (κ2) is 11.1. The van der Waals surface area contributed by atoms with Crippen molar-refractivity contribution in [1.82, 2.24) is 0 Å². The Morgan fingerprint density at radius 3 is 1.88 bits per heavy atom. The van der Waals surface area contributed by atoms with Gasteiger partial charge < -0.3 is 24.1 Å². The summed E-state index contributed by atoms with van der Waals surface area (Å²) in [4.78, 5) is 35.1. The van der Waals surface area contributed by atoms with E-state index in [1.165, 1.54) is 30.3 Å². The average Bonchev–Trinajstić information content (AvgIpc) is 2.79. The molecule has 2 aromatic carbocycles. The lowest BCUT2D eigenvalue weighted by atomic mass is 10.0. The first-order valence-electron chi connectivity index (χ1n) is 9.09. The maximum Gasteiger partial charge on any atom is 0.335 e. The maximum absolute atomic E-state index is 11.8. The lowest BCUT2D eigenvalue weighted by molar-refractivity contribution is -0.131. The highest BCUT2D eigenvalue weighted by molar-refractivity contribution is 5.88. The number of carbonyl (C=O) groups excluding carboxylic acids is 3. The van der Waals surface area contributed by atoms with Crippen LogP contribution >= 0.6 is 0 Å². The summed E-state index contributed by atoms with van der Waals surface area (Å²) in [5, 5.41) is 9.61. The second-order valence-electron chi connectivity index (χ2n) is 5.94. The van der Waals surface area contributed by atoms with Crippen LogP contribution in [0.3, 0.4) is 0 Å². The van der Waals surface area contributed by atoms with Crippen LogP contribution in [0, 0.1) is 0 Å². The summed E-state index contributed by atoms with van der Waals surface area (Å²) in [5.41, 5.74) is 0.844.